The number of halogens is 1. The van der Waals surface area contributed by atoms with E-state index in [1.165, 1.54) is 0 Å². The van der Waals surface area contributed by atoms with Crippen molar-refractivity contribution in [3.63, 3.8) is 0 Å². The summed E-state index contributed by atoms with van der Waals surface area (Å²) >= 11 is 11.7. The molecule has 0 saturated carbocycles. The first-order chi connectivity index (χ1) is 8.56. The van der Waals surface area contributed by atoms with Gasteiger partial charge >= 0.3 is 0 Å². The first-order valence-corrected chi connectivity index (χ1v) is 6.72. The van der Waals surface area contributed by atoms with E-state index >= 15 is 0 Å². The van der Waals surface area contributed by atoms with Gasteiger partial charge < -0.3 is 14.3 Å². The number of nitrogens with zero attached hydrogens (tertiary/aromatic N) is 1. The van der Waals surface area contributed by atoms with Gasteiger partial charge in [-0.15, -0.1) is 0 Å². The van der Waals surface area contributed by atoms with Crippen molar-refractivity contribution in [3.05, 3.63) is 28.0 Å². The van der Waals surface area contributed by atoms with Crippen LogP contribution in [0.1, 0.15) is 19.9 Å². The summed E-state index contributed by atoms with van der Waals surface area (Å²) in [4.78, 5) is 3.20. The third kappa shape index (κ3) is 2.32. The average molecular weight is 285 g/mol. The minimum atomic E-state index is 0.177. The predicted molar refractivity (Wildman–Crippen MR) is 77.9 cm³/mol. The standard InChI is InChI=1S/C13H17ClN2OS/c1-8(2)11(7-17-3)16-12-9(14)5-4-6-10(12)15-13(16)18/h4-6,8,11H,7H2,1-3H3,(H,15,18). The van der Waals surface area contributed by atoms with Crippen LogP contribution >= 0.6 is 23.8 Å². The highest BCUT2D eigenvalue weighted by molar-refractivity contribution is 7.71. The quantitative estimate of drug-likeness (QED) is 0.853. The molecule has 3 nitrogen and oxygen atoms in total. The lowest BCUT2D eigenvalue weighted by atomic mass is 10.1. The summed E-state index contributed by atoms with van der Waals surface area (Å²) in [6.07, 6.45) is 0. The number of ether oxygens (including phenoxy) is 1. The third-order valence-electron chi connectivity index (χ3n) is 3.13. The summed E-state index contributed by atoms with van der Waals surface area (Å²) < 4.78 is 8.07. The number of methoxy groups -OCH3 is 1. The maximum atomic E-state index is 6.30. The Balaban J connectivity index is 2.68. The number of nitrogens with one attached hydrogen (secondary N) is 1. The van der Waals surface area contributed by atoms with E-state index in [4.69, 9.17) is 28.6 Å². The van der Waals surface area contributed by atoms with Crippen molar-refractivity contribution in [3.8, 4) is 0 Å². The number of para-hydroxylation sites is 1. The Morgan fingerprint density at radius 1 is 1.44 bits per heavy atom. The van der Waals surface area contributed by atoms with Crippen molar-refractivity contribution in [2.45, 2.75) is 19.9 Å². The molecule has 0 amide bonds. The van der Waals surface area contributed by atoms with E-state index in [-0.39, 0.29) is 6.04 Å². The van der Waals surface area contributed by atoms with Gasteiger partial charge in [-0.25, -0.2) is 0 Å². The van der Waals surface area contributed by atoms with E-state index in [1.807, 2.05) is 18.2 Å². The fourth-order valence-electron chi connectivity index (χ4n) is 2.19. The van der Waals surface area contributed by atoms with E-state index in [0.717, 1.165) is 11.0 Å². The second-order valence-corrected chi connectivity index (χ2v) is 5.50. The molecule has 0 fully saturated rings. The van der Waals surface area contributed by atoms with E-state index in [0.29, 0.717) is 22.3 Å². The number of hydrogen-bond acceptors (Lipinski definition) is 2. The number of fused-ring (bicyclic) bond motifs is 1. The van der Waals surface area contributed by atoms with Crippen LogP contribution in [0.25, 0.3) is 11.0 Å². The molecule has 1 N–H and O–H groups in total. The summed E-state index contributed by atoms with van der Waals surface area (Å²) in [5, 5.41) is 0.710. The van der Waals surface area contributed by atoms with Gasteiger partial charge in [0.1, 0.15) is 0 Å². The summed E-state index contributed by atoms with van der Waals surface area (Å²) in [5.74, 6) is 0.409. The normalized spacial score (nSPS) is 13.4. The first kappa shape index (κ1) is 13.6. The van der Waals surface area contributed by atoms with E-state index in [2.05, 4.69) is 23.4 Å². The maximum Gasteiger partial charge on any atom is 0.178 e. The molecular weight excluding hydrogens is 268 g/mol. The monoisotopic (exact) mass is 284 g/mol. The van der Waals surface area contributed by atoms with Crippen LogP contribution in [0.2, 0.25) is 5.02 Å². The van der Waals surface area contributed by atoms with Gasteiger partial charge in [0.2, 0.25) is 0 Å². The van der Waals surface area contributed by atoms with E-state index in [1.54, 1.807) is 7.11 Å². The number of benzene rings is 1. The molecule has 1 aromatic heterocycles. The van der Waals surface area contributed by atoms with Gasteiger partial charge in [-0.3, -0.25) is 0 Å². The molecule has 2 aromatic rings. The van der Waals surface area contributed by atoms with Gasteiger partial charge in [-0.05, 0) is 30.3 Å². The fourth-order valence-corrected chi connectivity index (χ4v) is 2.79. The Morgan fingerprint density at radius 2 is 2.17 bits per heavy atom. The highest BCUT2D eigenvalue weighted by Gasteiger charge is 2.20. The molecule has 0 radical (unpaired) electrons. The Hall–Kier alpha value is -0.840. The van der Waals surface area contributed by atoms with Gasteiger partial charge in [0.25, 0.3) is 0 Å². The lowest BCUT2D eigenvalue weighted by Crippen LogP contribution is -2.20. The molecule has 1 atom stereocenters. The molecule has 0 aliphatic heterocycles. The van der Waals surface area contributed by atoms with Gasteiger partial charge in [-0.1, -0.05) is 31.5 Å². The number of aromatic nitrogens is 2. The topological polar surface area (TPSA) is 29.9 Å². The number of rotatable bonds is 4. The van der Waals surface area contributed by atoms with Crippen molar-refractivity contribution in [2.24, 2.45) is 5.92 Å². The Kier molecular flexibility index (Phi) is 4.10. The summed E-state index contributed by atoms with van der Waals surface area (Å²) in [5.41, 5.74) is 1.93. The van der Waals surface area contributed by atoms with Crippen LogP contribution in [0.4, 0.5) is 0 Å². The van der Waals surface area contributed by atoms with Crippen LogP contribution in [0.5, 0.6) is 0 Å². The molecule has 1 heterocycles. The van der Waals surface area contributed by atoms with Crippen LogP contribution in [0, 0.1) is 10.7 Å². The smallest absolute Gasteiger partial charge is 0.178 e. The molecule has 98 valence electrons. The lowest BCUT2D eigenvalue weighted by Gasteiger charge is -2.22. The maximum absolute atomic E-state index is 6.30. The van der Waals surface area contributed by atoms with Crippen molar-refractivity contribution in [1.29, 1.82) is 0 Å². The molecule has 1 unspecified atom stereocenters. The Bertz CT molecular complexity index is 603. The van der Waals surface area contributed by atoms with E-state index in [9.17, 15) is 0 Å². The fraction of sp³-hybridized carbons (Fsp3) is 0.462. The van der Waals surface area contributed by atoms with Crippen LogP contribution in [-0.4, -0.2) is 23.3 Å². The van der Waals surface area contributed by atoms with Crippen molar-refractivity contribution < 1.29 is 4.74 Å². The van der Waals surface area contributed by atoms with Crippen LogP contribution in [0.3, 0.4) is 0 Å². The molecule has 18 heavy (non-hydrogen) atoms. The predicted octanol–water partition coefficient (Wildman–Crippen LogP) is 4.20. The summed E-state index contributed by atoms with van der Waals surface area (Å²) in [6, 6.07) is 5.96. The van der Waals surface area contributed by atoms with Crippen LogP contribution in [0.15, 0.2) is 18.2 Å². The number of aromatic amines is 1. The molecule has 2 rings (SSSR count). The summed E-state index contributed by atoms with van der Waals surface area (Å²) in [6.45, 7) is 4.92. The minimum absolute atomic E-state index is 0.177. The molecule has 0 saturated heterocycles. The highest BCUT2D eigenvalue weighted by atomic mass is 35.5. The third-order valence-corrected chi connectivity index (χ3v) is 3.73. The molecule has 5 heteroatoms. The van der Waals surface area contributed by atoms with Gasteiger partial charge in [-0.2, -0.15) is 0 Å². The van der Waals surface area contributed by atoms with Crippen molar-refractivity contribution in [1.82, 2.24) is 9.55 Å². The lowest BCUT2D eigenvalue weighted by molar-refractivity contribution is 0.134. The largest absolute Gasteiger partial charge is 0.383 e. The molecule has 0 bridgehead atoms. The van der Waals surface area contributed by atoms with Gasteiger partial charge in [0.15, 0.2) is 4.77 Å². The highest BCUT2D eigenvalue weighted by Crippen LogP contribution is 2.29. The first-order valence-electron chi connectivity index (χ1n) is 5.94. The summed E-state index contributed by atoms with van der Waals surface area (Å²) in [7, 11) is 1.70. The molecule has 0 aliphatic rings. The molecule has 0 aliphatic carbocycles. The Morgan fingerprint density at radius 3 is 2.78 bits per heavy atom. The second kappa shape index (κ2) is 5.43. The second-order valence-electron chi connectivity index (χ2n) is 4.70. The minimum Gasteiger partial charge on any atom is -0.383 e. The van der Waals surface area contributed by atoms with Crippen LogP contribution in [-0.2, 0) is 4.74 Å². The van der Waals surface area contributed by atoms with Gasteiger partial charge in [0.05, 0.1) is 28.7 Å². The van der Waals surface area contributed by atoms with Gasteiger partial charge in [0, 0.05) is 7.11 Å². The van der Waals surface area contributed by atoms with E-state index < -0.39 is 0 Å². The zero-order valence-electron chi connectivity index (χ0n) is 10.7. The average Bonchev–Trinajstić information content (AvgIpc) is 2.63. The number of H-pyrrole nitrogens is 1. The number of hydrogen-bond donors (Lipinski definition) is 1. The zero-order valence-corrected chi connectivity index (χ0v) is 12.3. The molecule has 0 spiro atoms. The van der Waals surface area contributed by atoms with Crippen molar-refractivity contribution in [2.75, 3.05) is 13.7 Å². The number of imidazole rings is 1. The Labute approximate surface area is 117 Å². The SMILES string of the molecule is COCC(C(C)C)n1c(=S)[nH]c2cccc(Cl)c21. The molecule has 1 aromatic carbocycles. The zero-order chi connectivity index (χ0) is 13.3. The van der Waals surface area contributed by atoms with Crippen LogP contribution < -0.4 is 0 Å². The molecular formula is C13H17ClN2OS. The van der Waals surface area contributed by atoms with Crippen molar-refractivity contribution >= 4 is 34.9 Å².